The summed E-state index contributed by atoms with van der Waals surface area (Å²) in [5.41, 5.74) is -1.38. The maximum atomic E-state index is 14.5. The molecule has 0 unspecified atom stereocenters. The third-order valence-electron chi connectivity index (χ3n) is 6.32. The number of nitrogens with zero attached hydrogens (tertiary/aromatic N) is 2. The molecule has 1 saturated heterocycles. The molecule has 8 nitrogen and oxygen atoms in total. The SMILES string of the molecule is COc1c([C@H]2[C@H](c3nc4c(C(=O)NO)nccc4[nH]3)O[C@@](C)(C(F)(F)F)[C@H]2C)ccc(F)c1F. The van der Waals surface area contributed by atoms with E-state index in [2.05, 4.69) is 15.0 Å². The maximum absolute atomic E-state index is 14.5. The highest BCUT2D eigenvalue weighted by Crippen LogP contribution is 2.59. The number of carbonyl (C=O) groups excluding carboxylic acids is 1. The number of aromatic nitrogens is 3. The Balaban J connectivity index is 1.93. The molecule has 3 aromatic rings. The first kappa shape index (κ1) is 23.8. The molecule has 2 aromatic heterocycles. The fourth-order valence-electron chi connectivity index (χ4n) is 4.36. The molecular formula is C21H19F5N4O4. The van der Waals surface area contributed by atoms with Gasteiger partial charge in [-0.1, -0.05) is 13.0 Å². The van der Waals surface area contributed by atoms with Gasteiger partial charge in [0.1, 0.15) is 17.4 Å². The van der Waals surface area contributed by atoms with Crippen LogP contribution in [-0.2, 0) is 4.74 Å². The molecular weight excluding hydrogens is 467 g/mol. The van der Waals surface area contributed by atoms with Crippen molar-refractivity contribution in [2.45, 2.75) is 37.6 Å². The van der Waals surface area contributed by atoms with Crippen molar-refractivity contribution in [1.82, 2.24) is 20.4 Å². The summed E-state index contributed by atoms with van der Waals surface area (Å²) in [6, 6.07) is 3.37. The maximum Gasteiger partial charge on any atom is 0.417 e. The summed E-state index contributed by atoms with van der Waals surface area (Å²) >= 11 is 0. The lowest BCUT2D eigenvalue weighted by molar-refractivity contribution is -0.275. The number of rotatable bonds is 4. The molecule has 3 N–H and O–H groups in total. The first-order valence-corrected chi connectivity index (χ1v) is 10.00. The molecule has 4 atom stereocenters. The highest BCUT2D eigenvalue weighted by Gasteiger charge is 2.65. The standard InChI is InChI=1S/C21H19F5N4O4/c1-8-12(9-4-5-10(22)13(23)16(9)33-3)17(34-20(8,2)21(24,25)26)18-28-11-6-7-27-15(14(11)29-18)19(31)30-32/h4-8,12,17,32H,1-3H3,(H,28,29)(H,30,31)/t8-,12-,17+,20+/m0/s1. The lowest BCUT2D eigenvalue weighted by Crippen LogP contribution is -2.46. The number of carbonyl (C=O) groups is 1. The molecule has 1 fully saturated rings. The Hall–Kier alpha value is -3.32. The van der Waals surface area contributed by atoms with Gasteiger partial charge in [0.25, 0.3) is 5.91 Å². The Morgan fingerprint density at radius 3 is 2.62 bits per heavy atom. The molecule has 1 aliphatic rings. The highest BCUT2D eigenvalue weighted by molar-refractivity contribution is 6.02. The Labute approximate surface area is 189 Å². The number of halogens is 5. The zero-order chi connectivity index (χ0) is 25.0. The van der Waals surface area contributed by atoms with Gasteiger partial charge in [0, 0.05) is 23.6 Å². The van der Waals surface area contributed by atoms with Crippen LogP contribution in [0.5, 0.6) is 5.75 Å². The molecule has 0 saturated carbocycles. The summed E-state index contributed by atoms with van der Waals surface area (Å²) in [5, 5.41) is 8.95. The van der Waals surface area contributed by atoms with Crippen molar-refractivity contribution in [3.8, 4) is 5.75 Å². The van der Waals surface area contributed by atoms with Gasteiger partial charge < -0.3 is 14.5 Å². The lowest BCUT2D eigenvalue weighted by atomic mass is 9.77. The molecule has 1 aromatic carbocycles. The predicted octanol–water partition coefficient (Wildman–Crippen LogP) is 4.18. The molecule has 182 valence electrons. The normalized spacial score (nSPS) is 25.0. The molecule has 34 heavy (non-hydrogen) atoms. The van der Waals surface area contributed by atoms with Crippen LogP contribution >= 0.6 is 0 Å². The predicted molar refractivity (Wildman–Crippen MR) is 106 cm³/mol. The molecule has 0 radical (unpaired) electrons. The Morgan fingerprint density at radius 2 is 2.00 bits per heavy atom. The van der Waals surface area contributed by atoms with Crippen molar-refractivity contribution in [2.75, 3.05) is 7.11 Å². The highest BCUT2D eigenvalue weighted by atomic mass is 19.4. The van der Waals surface area contributed by atoms with Gasteiger partial charge in [-0.2, -0.15) is 17.6 Å². The van der Waals surface area contributed by atoms with Crippen molar-refractivity contribution in [1.29, 1.82) is 0 Å². The van der Waals surface area contributed by atoms with Crippen LogP contribution in [0, 0.1) is 17.6 Å². The van der Waals surface area contributed by atoms with E-state index in [-0.39, 0.29) is 28.1 Å². The average molecular weight is 486 g/mol. The van der Waals surface area contributed by atoms with Crippen LogP contribution in [0.2, 0.25) is 0 Å². The number of fused-ring (bicyclic) bond motifs is 1. The number of hydrogen-bond donors (Lipinski definition) is 3. The lowest BCUT2D eigenvalue weighted by Gasteiger charge is -2.32. The molecule has 4 rings (SSSR count). The first-order valence-electron chi connectivity index (χ1n) is 10.00. The Morgan fingerprint density at radius 1 is 1.29 bits per heavy atom. The number of methoxy groups -OCH3 is 1. The summed E-state index contributed by atoms with van der Waals surface area (Å²) in [5.74, 6) is -6.67. The number of alkyl halides is 3. The van der Waals surface area contributed by atoms with E-state index in [1.54, 1.807) is 0 Å². The largest absolute Gasteiger partial charge is 0.493 e. The van der Waals surface area contributed by atoms with E-state index < -0.39 is 53.0 Å². The fourth-order valence-corrected chi connectivity index (χ4v) is 4.36. The number of H-pyrrole nitrogens is 1. The molecule has 1 amide bonds. The summed E-state index contributed by atoms with van der Waals surface area (Å²) in [4.78, 5) is 22.8. The number of hydroxylamine groups is 1. The van der Waals surface area contributed by atoms with Gasteiger partial charge in [-0.25, -0.2) is 19.8 Å². The summed E-state index contributed by atoms with van der Waals surface area (Å²) in [7, 11) is 1.08. The summed E-state index contributed by atoms with van der Waals surface area (Å²) in [6.45, 7) is 2.15. The number of pyridine rings is 1. The number of amides is 1. The second kappa shape index (κ2) is 8.17. The van der Waals surface area contributed by atoms with Gasteiger partial charge in [-0.3, -0.25) is 10.0 Å². The number of ether oxygens (including phenoxy) is 2. The topological polar surface area (TPSA) is 109 Å². The van der Waals surface area contributed by atoms with Crippen molar-refractivity contribution in [3.05, 3.63) is 53.1 Å². The van der Waals surface area contributed by atoms with E-state index in [4.69, 9.17) is 14.7 Å². The molecule has 13 heteroatoms. The zero-order valence-corrected chi connectivity index (χ0v) is 18.0. The number of nitrogens with one attached hydrogen (secondary N) is 2. The second-order valence-electron chi connectivity index (χ2n) is 8.06. The molecule has 3 heterocycles. The third kappa shape index (κ3) is 3.46. The van der Waals surface area contributed by atoms with Gasteiger partial charge in [-0.15, -0.1) is 0 Å². The van der Waals surface area contributed by atoms with E-state index in [1.807, 2.05) is 0 Å². The first-order chi connectivity index (χ1) is 15.9. The minimum atomic E-state index is -4.82. The van der Waals surface area contributed by atoms with E-state index in [0.29, 0.717) is 0 Å². The van der Waals surface area contributed by atoms with Gasteiger partial charge in [0.15, 0.2) is 22.9 Å². The molecule has 0 bridgehead atoms. The minimum Gasteiger partial charge on any atom is -0.493 e. The van der Waals surface area contributed by atoms with E-state index in [1.165, 1.54) is 24.7 Å². The van der Waals surface area contributed by atoms with Crippen molar-refractivity contribution in [3.63, 3.8) is 0 Å². The number of hydrogen-bond acceptors (Lipinski definition) is 6. The van der Waals surface area contributed by atoms with Gasteiger partial charge in [-0.05, 0) is 19.1 Å². The van der Waals surface area contributed by atoms with Gasteiger partial charge in [0.05, 0.1) is 12.6 Å². The van der Waals surface area contributed by atoms with Crippen LogP contribution in [0.4, 0.5) is 22.0 Å². The molecule has 0 spiro atoms. The smallest absolute Gasteiger partial charge is 0.417 e. The van der Waals surface area contributed by atoms with Gasteiger partial charge >= 0.3 is 6.18 Å². The number of aromatic amines is 1. The summed E-state index contributed by atoms with van der Waals surface area (Å²) in [6.07, 6.45) is -5.00. The average Bonchev–Trinajstić information content (AvgIpc) is 3.34. The van der Waals surface area contributed by atoms with Crippen molar-refractivity contribution >= 4 is 16.9 Å². The third-order valence-corrected chi connectivity index (χ3v) is 6.32. The zero-order valence-electron chi connectivity index (χ0n) is 18.0. The van der Waals surface area contributed by atoms with E-state index >= 15 is 0 Å². The minimum absolute atomic E-state index is 0.0306. The Bertz CT molecular complexity index is 1260. The van der Waals surface area contributed by atoms with Crippen LogP contribution in [0.1, 0.15) is 47.7 Å². The van der Waals surface area contributed by atoms with E-state index in [9.17, 15) is 26.7 Å². The Kier molecular flexibility index (Phi) is 5.72. The number of benzene rings is 1. The monoisotopic (exact) mass is 486 g/mol. The second-order valence-corrected chi connectivity index (χ2v) is 8.06. The van der Waals surface area contributed by atoms with Crippen LogP contribution in [0.3, 0.4) is 0 Å². The van der Waals surface area contributed by atoms with Crippen LogP contribution in [-0.4, -0.2) is 45.0 Å². The van der Waals surface area contributed by atoms with Gasteiger partial charge in [0.2, 0.25) is 5.82 Å². The van der Waals surface area contributed by atoms with E-state index in [0.717, 1.165) is 26.2 Å². The van der Waals surface area contributed by atoms with Crippen LogP contribution < -0.4 is 10.2 Å². The quantitative estimate of drug-likeness (QED) is 0.290. The summed E-state index contributed by atoms with van der Waals surface area (Å²) < 4.78 is 81.2. The van der Waals surface area contributed by atoms with Crippen molar-refractivity contribution in [2.24, 2.45) is 5.92 Å². The number of imidazole rings is 1. The molecule has 1 aliphatic heterocycles. The fraction of sp³-hybridized carbons (Fsp3) is 0.381. The van der Waals surface area contributed by atoms with Crippen LogP contribution in [0.15, 0.2) is 24.4 Å². The van der Waals surface area contributed by atoms with Crippen molar-refractivity contribution < 1.29 is 41.4 Å². The molecule has 0 aliphatic carbocycles. The van der Waals surface area contributed by atoms with Crippen LogP contribution in [0.25, 0.3) is 11.0 Å².